The van der Waals surface area contributed by atoms with Gasteiger partial charge in [0.25, 0.3) is 5.69 Å². The first-order valence-corrected chi connectivity index (χ1v) is 7.37. The number of anilines is 1. The predicted molar refractivity (Wildman–Crippen MR) is 81.9 cm³/mol. The van der Waals surface area contributed by atoms with Gasteiger partial charge in [0, 0.05) is 38.6 Å². The highest BCUT2D eigenvalue weighted by atomic mass is 79.9. The van der Waals surface area contributed by atoms with E-state index in [9.17, 15) is 10.1 Å². The van der Waals surface area contributed by atoms with Crippen molar-refractivity contribution >= 4 is 38.6 Å². The van der Waals surface area contributed by atoms with E-state index < -0.39 is 0 Å². The lowest BCUT2D eigenvalue weighted by molar-refractivity contribution is -0.385. The molecule has 2 rings (SSSR count). The minimum absolute atomic E-state index is 0.153. The van der Waals surface area contributed by atoms with Gasteiger partial charge in [-0.25, -0.2) is 0 Å². The van der Waals surface area contributed by atoms with Gasteiger partial charge in [-0.05, 0) is 47.5 Å². The van der Waals surface area contributed by atoms with E-state index in [1.807, 2.05) is 24.4 Å². The van der Waals surface area contributed by atoms with E-state index in [0.29, 0.717) is 12.1 Å². The molecule has 1 N–H and O–H groups in total. The van der Waals surface area contributed by atoms with Crippen LogP contribution < -0.4 is 5.32 Å². The molecule has 0 spiro atoms. The van der Waals surface area contributed by atoms with E-state index in [2.05, 4.69) is 21.2 Å². The van der Waals surface area contributed by atoms with Crippen LogP contribution in [0.4, 0.5) is 11.4 Å². The van der Waals surface area contributed by atoms with E-state index in [-0.39, 0.29) is 10.6 Å². The van der Waals surface area contributed by atoms with Crippen molar-refractivity contribution in [2.45, 2.75) is 20.4 Å². The van der Waals surface area contributed by atoms with Crippen molar-refractivity contribution in [3.63, 3.8) is 0 Å². The van der Waals surface area contributed by atoms with Gasteiger partial charge in [-0.3, -0.25) is 10.1 Å². The second-order valence-electron chi connectivity index (χ2n) is 4.30. The standard InChI is InChI=1S/C13H13BrN2O2S/c1-8-3-9(2)13(16(17)18)5-12(8)15-6-11-4-10(14)7-19-11/h3-5,7,15H,6H2,1-2H3. The second-order valence-corrected chi connectivity index (χ2v) is 6.21. The van der Waals surface area contributed by atoms with Gasteiger partial charge in [-0.1, -0.05) is 0 Å². The molecule has 4 nitrogen and oxygen atoms in total. The third-order valence-corrected chi connectivity index (χ3v) is 4.51. The molecule has 0 bridgehead atoms. The average molecular weight is 341 g/mol. The van der Waals surface area contributed by atoms with E-state index in [4.69, 9.17) is 0 Å². The van der Waals surface area contributed by atoms with Gasteiger partial charge in [0.2, 0.25) is 0 Å². The number of nitro groups is 1. The molecule has 0 fully saturated rings. The number of hydrogen-bond acceptors (Lipinski definition) is 4. The van der Waals surface area contributed by atoms with Crippen LogP contribution in [0, 0.1) is 24.0 Å². The minimum atomic E-state index is -0.346. The van der Waals surface area contributed by atoms with Gasteiger partial charge < -0.3 is 5.32 Å². The lowest BCUT2D eigenvalue weighted by Gasteiger charge is -2.09. The molecular weight excluding hydrogens is 328 g/mol. The number of thiophene rings is 1. The molecule has 0 unspecified atom stereocenters. The number of nitrogens with zero attached hydrogens (tertiary/aromatic N) is 1. The van der Waals surface area contributed by atoms with Crippen LogP contribution in [0.2, 0.25) is 0 Å². The van der Waals surface area contributed by atoms with E-state index >= 15 is 0 Å². The average Bonchev–Trinajstić information content (AvgIpc) is 2.73. The minimum Gasteiger partial charge on any atom is -0.380 e. The highest BCUT2D eigenvalue weighted by Crippen LogP contribution is 2.27. The van der Waals surface area contributed by atoms with Crippen molar-refractivity contribution in [2.75, 3.05) is 5.32 Å². The predicted octanol–water partition coefficient (Wildman–Crippen LogP) is 4.65. The van der Waals surface area contributed by atoms with Gasteiger partial charge in [-0.2, -0.15) is 0 Å². The first-order chi connectivity index (χ1) is 8.97. The summed E-state index contributed by atoms with van der Waals surface area (Å²) in [5.74, 6) is 0. The summed E-state index contributed by atoms with van der Waals surface area (Å²) in [6, 6.07) is 5.48. The Morgan fingerprint density at radius 2 is 2.05 bits per heavy atom. The molecule has 6 heteroatoms. The summed E-state index contributed by atoms with van der Waals surface area (Å²) in [6.45, 7) is 4.37. The molecule has 0 saturated heterocycles. The van der Waals surface area contributed by atoms with Crippen LogP contribution in [0.15, 0.2) is 28.1 Å². The van der Waals surface area contributed by atoms with Crippen LogP contribution in [0.3, 0.4) is 0 Å². The maximum Gasteiger partial charge on any atom is 0.274 e. The molecule has 1 aromatic heterocycles. The van der Waals surface area contributed by atoms with Crippen LogP contribution in [-0.4, -0.2) is 4.92 Å². The lowest BCUT2D eigenvalue weighted by Crippen LogP contribution is -2.01. The van der Waals surface area contributed by atoms with Crippen molar-refractivity contribution < 1.29 is 4.92 Å². The SMILES string of the molecule is Cc1cc(C)c([N+](=O)[O-])cc1NCc1cc(Br)cs1. The van der Waals surface area contributed by atoms with Crippen molar-refractivity contribution in [1.29, 1.82) is 0 Å². The van der Waals surface area contributed by atoms with Crippen molar-refractivity contribution in [2.24, 2.45) is 0 Å². The Morgan fingerprint density at radius 3 is 2.63 bits per heavy atom. The molecule has 0 aliphatic carbocycles. The maximum absolute atomic E-state index is 10.9. The Kier molecular flexibility index (Phi) is 4.21. The number of halogens is 1. The van der Waals surface area contributed by atoms with Gasteiger partial charge in [-0.15, -0.1) is 11.3 Å². The topological polar surface area (TPSA) is 55.2 Å². The Morgan fingerprint density at radius 1 is 1.32 bits per heavy atom. The molecule has 100 valence electrons. The van der Waals surface area contributed by atoms with Gasteiger partial charge in [0.1, 0.15) is 0 Å². The molecule has 19 heavy (non-hydrogen) atoms. The summed E-state index contributed by atoms with van der Waals surface area (Å²) in [4.78, 5) is 11.8. The molecule has 0 saturated carbocycles. The van der Waals surface area contributed by atoms with Gasteiger partial charge >= 0.3 is 0 Å². The fourth-order valence-electron chi connectivity index (χ4n) is 1.86. The summed E-state index contributed by atoms with van der Waals surface area (Å²) in [5.41, 5.74) is 2.66. The van der Waals surface area contributed by atoms with Crippen LogP contribution >= 0.6 is 27.3 Å². The quantitative estimate of drug-likeness (QED) is 0.651. The summed E-state index contributed by atoms with van der Waals surface area (Å²) in [6.07, 6.45) is 0. The molecular formula is C13H13BrN2O2S. The van der Waals surface area contributed by atoms with E-state index in [1.165, 1.54) is 4.88 Å². The highest BCUT2D eigenvalue weighted by Gasteiger charge is 2.13. The zero-order chi connectivity index (χ0) is 14.0. The Labute approximate surface area is 123 Å². The Bertz CT molecular complexity index is 625. The Hall–Kier alpha value is -1.40. The fourth-order valence-corrected chi connectivity index (χ4v) is 3.25. The van der Waals surface area contributed by atoms with E-state index in [1.54, 1.807) is 24.3 Å². The number of aryl methyl sites for hydroxylation is 2. The Balaban J connectivity index is 2.20. The molecule has 0 amide bonds. The molecule has 0 atom stereocenters. The normalized spacial score (nSPS) is 10.5. The molecule has 1 heterocycles. The van der Waals surface area contributed by atoms with E-state index in [0.717, 1.165) is 15.7 Å². The van der Waals surface area contributed by atoms with Crippen LogP contribution in [0.5, 0.6) is 0 Å². The second kappa shape index (κ2) is 5.71. The van der Waals surface area contributed by atoms with Crippen LogP contribution in [-0.2, 0) is 6.54 Å². The van der Waals surface area contributed by atoms with Crippen LogP contribution in [0.1, 0.15) is 16.0 Å². The number of nitrogens with one attached hydrogen (secondary N) is 1. The van der Waals surface area contributed by atoms with Crippen molar-refractivity contribution in [3.05, 3.63) is 54.2 Å². The molecule has 1 aromatic carbocycles. The molecule has 0 aliphatic heterocycles. The largest absolute Gasteiger partial charge is 0.380 e. The smallest absolute Gasteiger partial charge is 0.274 e. The number of hydrogen-bond donors (Lipinski definition) is 1. The molecule has 2 aromatic rings. The van der Waals surface area contributed by atoms with Crippen molar-refractivity contribution in [1.82, 2.24) is 0 Å². The summed E-state index contributed by atoms with van der Waals surface area (Å²) < 4.78 is 1.06. The summed E-state index contributed by atoms with van der Waals surface area (Å²) >= 11 is 5.05. The van der Waals surface area contributed by atoms with Gasteiger partial charge in [0.15, 0.2) is 0 Å². The summed E-state index contributed by atoms with van der Waals surface area (Å²) in [7, 11) is 0. The van der Waals surface area contributed by atoms with Gasteiger partial charge in [0.05, 0.1) is 4.92 Å². The fraction of sp³-hybridized carbons (Fsp3) is 0.231. The molecule has 0 radical (unpaired) electrons. The number of rotatable bonds is 4. The van der Waals surface area contributed by atoms with Crippen LogP contribution in [0.25, 0.3) is 0 Å². The first-order valence-electron chi connectivity index (χ1n) is 5.70. The number of benzene rings is 1. The monoisotopic (exact) mass is 340 g/mol. The zero-order valence-electron chi connectivity index (χ0n) is 10.6. The lowest BCUT2D eigenvalue weighted by atomic mass is 10.1. The van der Waals surface area contributed by atoms with Crippen molar-refractivity contribution in [3.8, 4) is 0 Å². The third kappa shape index (κ3) is 3.33. The highest BCUT2D eigenvalue weighted by molar-refractivity contribution is 9.10. The maximum atomic E-state index is 10.9. The summed E-state index contributed by atoms with van der Waals surface area (Å²) in [5, 5.41) is 16.2. The molecule has 0 aliphatic rings. The first kappa shape index (κ1) is 14.0. The third-order valence-electron chi connectivity index (χ3n) is 2.81. The zero-order valence-corrected chi connectivity index (χ0v) is 13.0. The number of nitro benzene ring substituents is 1.